The van der Waals surface area contributed by atoms with Gasteiger partial charge in [0.25, 0.3) is 0 Å². The Morgan fingerprint density at radius 1 is 1.31 bits per heavy atom. The third-order valence-electron chi connectivity index (χ3n) is 2.14. The number of hydrogen-bond acceptors (Lipinski definition) is 2. The van der Waals surface area contributed by atoms with Crippen LogP contribution in [0.2, 0.25) is 0 Å². The summed E-state index contributed by atoms with van der Waals surface area (Å²) in [7, 11) is 0. The average molecular weight is 191 g/mol. The minimum Gasteiger partial charge on any atom is -0.333 e. The van der Waals surface area contributed by atoms with Gasteiger partial charge in [0.1, 0.15) is 0 Å². The average Bonchev–Trinajstić information content (AvgIpc) is 2.39. The molecule has 2 heteroatoms. The first kappa shape index (κ1) is 8.70. The Morgan fingerprint density at radius 2 is 2.00 bits per heavy atom. The van der Waals surface area contributed by atoms with Crippen molar-refractivity contribution in [1.29, 1.82) is 0 Å². The lowest BCUT2D eigenvalue weighted by Gasteiger charge is -2.23. The molecule has 1 nitrogen and oxygen atoms in total. The van der Waals surface area contributed by atoms with E-state index in [-0.39, 0.29) is 0 Å². The molecule has 0 aromatic heterocycles. The number of anilines is 1. The van der Waals surface area contributed by atoms with Crippen molar-refractivity contribution in [2.24, 2.45) is 0 Å². The Morgan fingerprint density at radius 3 is 2.69 bits per heavy atom. The van der Waals surface area contributed by atoms with Crippen LogP contribution in [0.15, 0.2) is 40.8 Å². The fourth-order valence-electron chi connectivity index (χ4n) is 1.62. The quantitative estimate of drug-likeness (QED) is 0.668. The molecule has 1 aromatic carbocycles. The summed E-state index contributed by atoms with van der Waals surface area (Å²) in [5.74, 6) is 0. The Hall–Kier alpha value is -0.890. The van der Waals surface area contributed by atoms with Crippen molar-refractivity contribution in [2.75, 3.05) is 4.90 Å². The molecular formula is C11H13NS. The van der Waals surface area contributed by atoms with Crippen LogP contribution in [-0.4, -0.2) is 6.04 Å². The zero-order valence-corrected chi connectivity index (χ0v) is 8.77. The van der Waals surface area contributed by atoms with Crippen molar-refractivity contribution in [1.82, 2.24) is 0 Å². The maximum atomic E-state index is 4.06. The predicted octanol–water partition coefficient (Wildman–Crippen LogP) is 3.48. The standard InChI is InChI=1S/C11H13NS/c1-8(2)12-9(3)13-11-7-5-4-6-10(11)12/h4-8H,3H2,1-2H3. The van der Waals surface area contributed by atoms with E-state index in [9.17, 15) is 0 Å². The highest BCUT2D eigenvalue weighted by Crippen LogP contribution is 2.45. The third kappa shape index (κ3) is 1.35. The molecule has 68 valence electrons. The minimum atomic E-state index is 0.489. The third-order valence-corrected chi connectivity index (χ3v) is 3.14. The second-order valence-corrected chi connectivity index (χ2v) is 4.54. The van der Waals surface area contributed by atoms with Gasteiger partial charge in [-0.2, -0.15) is 0 Å². The Labute approximate surface area is 83.4 Å². The Balaban J connectivity index is 2.46. The number of fused-ring (bicyclic) bond motifs is 1. The van der Waals surface area contributed by atoms with Crippen molar-refractivity contribution in [3.8, 4) is 0 Å². The number of para-hydroxylation sites is 1. The number of hydrogen-bond donors (Lipinski definition) is 0. The zero-order chi connectivity index (χ0) is 9.42. The zero-order valence-electron chi connectivity index (χ0n) is 7.95. The van der Waals surface area contributed by atoms with Crippen molar-refractivity contribution >= 4 is 17.4 Å². The van der Waals surface area contributed by atoms with Crippen LogP contribution in [0.1, 0.15) is 13.8 Å². The summed E-state index contributed by atoms with van der Waals surface area (Å²) in [6.07, 6.45) is 0. The van der Waals surface area contributed by atoms with Crippen molar-refractivity contribution in [3.05, 3.63) is 35.9 Å². The molecule has 0 radical (unpaired) electrons. The minimum absolute atomic E-state index is 0.489. The monoisotopic (exact) mass is 191 g/mol. The van der Waals surface area contributed by atoms with Gasteiger partial charge in [-0.25, -0.2) is 0 Å². The fourth-order valence-corrected chi connectivity index (χ4v) is 2.70. The molecule has 0 atom stereocenters. The van der Waals surface area contributed by atoms with Crippen molar-refractivity contribution < 1.29 is 0 Å². The van der Waals surface area contributed by atoms with Gasteiger partial charge in [0, 0.05) is 10.9 Å². The van der Waals surface area contributed by atoms with E-state index in [0.29, 0.717) is 6.04 Å². The molecule has 0 unspecified atom stereocenters. The van der Waals surface area contributed by atoms with Crippen LogP contribution in [0.4, 0.5) is 5.69 Å². The molecule has 0 N–H and O–H groups in total. The summed E-state index contributed by atoms with van der Waals surface area (Å²) in [5, 5.41) is 1.14. The molecule has 1 aliphatic rings. The van der Waals surface area contributed by atoms with E-state index in [1.165, 1.54) is 10.6 Å². The molecule has 0 spiro atoms. The molecule has 0 bridgehead atoms. The van der Waals surface area contributed by atoms with Crippen LogP contribution < -0.4 is 4.90 Å². The van der Waals surface area contributed by atoms with E-state index in [1.54, 1.807) is 11.8 Å². The molecule has 0 fully saturated rings. The van der Waals surface area contributed by atoms with Gasteiger partial charge in [-0.3, -0.25) is 0 Å². The van der Waals surface area contributed by atoms with Gasteiger partial charge in [-0.05, 0) is 26.0 Å². The second-order valence-electron chi connectivity index (χ2n) is 3.43. The van der Waals surface area contributed by atoms with Crippen LogP contribution in [0.25, 0.3) is 0 Å². The second kappa shape index (κ2) is 3.11. The van der Waals surface area contributed by atoms with E-state index in [2.05, 4.69) is 49.6 Å². The first-order valence-electron chi connectivity index (χ1n) is 4.45. The van der Waals surface area contributed by atoms with Crippen LogP contribution in [0, 0.1) is 0 Å². The van der Waals surface area contributed by atoms with Gasteiger partial charge in [-0.1, -0.05) is 30.5 Å². The Bertz CT molecular complexity index is 344. The van der Waals surface area contributed by atoms with E-state index in [1.807, 2.05) is 0 Å². The van der Waals surface area contributed by atoms with E-state index < -0.39 is 0 Å². The number of rotatable bonds is 1. The number of thioether (sulfide) groups is 1. The highest BCUT2D eigenvalue weighted by atomic mass is 32.2. The van der Waals surface area contributed by atoms with Crippen LogP contribution >= 0.6 is 11.8 Å². The van der Waals surface area contributed by atoms with Gasteiger partial charge >= 0.3 is 0 Å². The van der Waals surface area contributed by atoms with Crippen LogP contribution in [0.5, 0.6) is 0 Å². The fraction of sp³-hybridized carbons (Fsp3) is 0.273. The molecule has 1 aliphatic heterocycles. The van der Waals surface area contributed by atoms with E-state index in [0.717, 1.165) is 5.03 Å². The van der Waals surface area contributed by atoms with Gasteiger partial charge in [0.15, 0.2) is 0 Å². The molecule has 1 heterocycles. The van der Waals surface area contributed by atoms with E-state index >= 15 is 0 Å². The molecule has 13 heavy (non-hydrogen) atoms. The predicted molar refractivity (Wildman–Crippen MR) is 59.1 cm³/mol. The summed E-state index contributed by atoms with van der Waals surface area (Å²) in [6, 6.07) is 8.94. The number of nitrogens with zero attached hydrogens (tertiary/aromatic N) is 1. The largest absolute Gasteiger partial charge is 0.333 e. The first-order chi connectivity index (χ1) is 6.20. The molecule has 2 rings (SSSR count). The topological polar surface area (TPSA) is 3.24 Å². The van der Waals surface area contributed by atoms with Gasteiger partial charge < -0.3 is 4.90 Å². The van der Waals surface area contributed by atoms with Gasteiger partial charge in [0.2, 0.25) is 0 Å². The Kier molecular flexibility index (Phi) is 2.08. The summed E-state index contributed by atoms with van der Waals surface area (Å²) < 4.78 is 0. The lowest BCUT2D eigenvalue weighted by molar-refractivity contribution is 0.778. The number of benzene rings is 1. The highest BCUT2D eigenvalue weighted by Gasteiger charge is 2.24. The maximum Gasteiger partial charge on any atom is 0.0730 e. The SMILES string of the molecule is C=C1Sc2ccccc2N1C(C)C. The molecular weight excluding hydrogens is 178 g/mol. The van der Waals surface area contributed by atoms with Crippen molar-refractivity contribution in [2.45, 2.75) is 24.8 Å². The summed E-state index contributed by atoms with van der Waals surface area (Å²) in [5.41, 5.74) is 1.30. The van der Waals surface area contributed by atoms with Crippen molar-refractivity contribution in [3.63, 3.8) is 0 Å². The molecule has 0 aliphatic carbocycles. The summed E-state index contributed by atoms with van der Waals surface area (Å²) in [4.78, 5) is 3.60. The first-order valence-corrected chi connectivity index (χ1v) is 5.27. The summed E-state index contributed by atoms with van der Waals surface area (Å²) in [6.45, 7) is 8.44. The molecule has 1 aromatic rings. The maximum absolute atomic E-state index is 4.06. The van der Waals surface area contributed by atoms with Crippen LogP contribution in [0.3, 0.4) is 0 Å². The molecule has 0 saturated heterocycles. The van der Waals surface area contributed by atoms with Gasteiger partial charge in [0.05, 0.1) is 10.7 Å². The van der Waals surface area contributed by atoms with E-state index in [4.69, 9.17) is 0 Å². The normalized spacial score (nSPS) is 15.3. The molecule has 0 saturated carbocycles. The smallest absolute Gasteiger partial charge is 0.0730 e. The lowest BCUT2D eigenvalue weighted by atomic mass is 10.2. The lowest BCUT2D eigenvalue weighted by Crippen LogP contribution is -2.25. The van der Waals surface area contributed by atoms with Gasteiger partial charge in [-0.15, -0.1) is 0 Å². The van der Waals surface area contributed by atoms with Crippen LogP contribution in [-0.2, 0) is 0 Å². The summed E-state index contributed by atoms with van der Waals surface area (Å²) >= 11 is 1.76. The highest BCUT2D eigenvalue weighted by molar-refractivity contribution is 8.03. The molecule has 0 amide bonds.